The summed E-state index contributed by atoms with van der Waals surface area (Å²) in [4.78, 5) is 14.8. The van der Waals surface area contributed by atoms with E-state index in [-0.39, 0.29) is 5.91 Å². The van der Waals surface area contributed by atoms with Gasteiger partial charge in [0.1, 0.15) is 11.3 Å². The second-order valence-corrected chi connectivity index (χ2v) is 5.41. The third kappa shape index (κ3) is 2.82. The van der Waals surface area contributed by atoms with Gasteiger partial charge in [-0.25, -0.2) is 0 Å². The van der Waals surface area contributed by atoms with Gasteiger partial charge in [0.25, 0.3) is 5.91 Å². The number of nitrogens with one attached hydrogen (secondary N) is 2. The van der Waals surface area contributed by atoms with Crippen molar-refractivity contribution >= 4 is 17.3 Å². The summed E-state index contributed by atoms with van der Waals surface area (Å²) in [6.45, 7) is 7.28. The summed E-state index contributed by atoms with van der Waals surface area (Å²) >= 11 is 0. The van der Waals surface area contributed by atoms with E-state index in [1.165, 1.54) is 0 Å². The molecule has 0 unspecified atom stereocenters. The number of hydrogen-bond donors (Lipinski definition) is 2. The molecule has 116 valence electrons. The highest BCUT2D eigenvalue weighted by Gasteiger charge is 2.20. The second-order valence-electron chi connectivity index (χ2n) is 5.41. The zero-order valence-electron chi connectivity index (χ0n) is 12.8. The number of benzene rings is 1. The van der Waals surface area contributed by atoms with Crippen LogP contribution in [0.4, 0.5) is 11.4 Å². The van der Waals surface area contributed by atoms with Gasteiger partial charge in [0.2, 0.25) is 0 Å². The largest absolute Gasteiger partial charge is 0.367 e. The molecule has 0 aliphatic carbocycles. The number of aromatic nitrogens is 1. The number of amides is 1. The summed E-state index contributed by atoms with van der Waals surface area (Å²) in [6.07, 6.45) is 0. The lowest BCUT2D eigenvalue weighted by atomic mass is 10.1. The van der Waals surface area contributed by atoms with Crippen molar-refractivity contribution in [2.75, 3.05) is 36.4 Å². The van der Waals surface area contributed by atoms with Crippen molar-refractivity contribution in [3.63, 3.8) is 0 Å². The Kier molecular flexibility index (Phi) is 4.11. The van der Waals surface area contributed by atoms with E-state index in [4.69, 9.17) is 4.52 Å². The van der Waals surface area contributed by atoms with Gasteiger partial charge < -0.3 is 20.1 Å². The van der Waals surface area contributed by atoms with Crippen LogP contribution in [0, 0.1) is 13.8 Å². The maximum absolute atomic E-state index is 12.5. The molecule has 22 heavy (non-hydrogen) atoms. The number of carbonyl (C=O) groups excluding carboxylic acids is 1. The smallest absolute Gasteiger partial charge is 0.261 e. The van der Waals surface area contributed by atoms with E-state index in [1.807, 2.05) is 24.3 Å². The van der Waals surface area contributed by atoms with Crippen molar-refractivity contribution < 1.29 is 9.32 Å². The first kappa shape index (κ1) is 14.6. The van der Waals surface area contributed by atoms with Gasteiger partial charge in [0.05, 0.1) is 17.1 Å². The average Bonchev–Trinajstić information content (AvgIpc) is 2.87. The molecule has 3 rings (SSSR count). The molecule has 1 aromatic heterocycles. The Balaban J connectivity index is 1.85. The lowest BCUT2D eigenvalue weighted by Crippen LogP contribution is -2.43. The molecular weight excluding hydrogens is 280 g/mol. The van der Waals surface area contributed by atoms with Crippen molar-refractivity contribution in [1.82, 2.24) is 10.5 Å². The van der Waals surface area contributed by atoms with E-state index in [0.29, 0.717) is 17.0 Å². The Labute approximate surface area is 129 Å². The molecule has 2 heterocycles. The lowest BCUT2D eigenvalue weighted by molar-refractivity contribution is 0.102. The molecule has 1 aliphatic heterocycles. The van der Waals surface area contributed by atoms with Gasteiger partial charge in [0.15, 0.2) is 0 Å². The van der Waals surface area contributed by atoms with Crippen LogP contribution in [0.5, 0.6) is 0 Å². The van der Waals surface area contributed by atoms with E-state index < -0.39 is 0 Å². The van der Waals surface area contributed by atoms with Gasteiger partial charge in [-0.1, -0.05) is 17.3 Å². The van der Waals surface area contributed by atoms with Gasteiger partial charge in [-0.15, -0.1) is 0 Å². The van der Waals surface area contributed by atoms with Gasteiger partial charge in [-0.05, 0) is 26.0 Å². The molecule has 0 radical (unpaired) electrons. The molecule has 2 aromatic rings. The van der Waals surface area contributed by atoms with Crippen LogP contribution in [-0.2, 0) is 0 Å². The van der Waals surface area contributed by atoms with E-state index in [9.17, 15) is 4.79 Å². The molecule has 1 saturated heterocycles. The molecule has 2 N–H and O–H groups in total. The minimum atomic E-state index is -0.182. The Morgan fingerprint density at radius 2 is 2.00 bits per heavy atom. The maximum Gasteiger partial charge on any atom is 0.261 e. The van der Waals surface area contributed by atoms with Crippen molar-refractivity contribution in [2.24, 2.45) is 0 Å². The molecule has 6 heteroatoms. The summed E-state index contributed by atoms with van der Waals surface area (Å²) < 4.78 is 5.07. The predicted octanol–water partition coefficient (Wildman–Crippen LogP) is 1.95. The minimum absolute atomic E-state index is 0.182. The zero-order chi connectivity index (χ0) is 15.5. The number of rotatable bonds is 3. The number of anilines is 2. The fourth-order valence-corrected chi connectivity index (χ4v) is 2.75. The highest BCUT2D eigenvalue weighted by Crippen LogP contribution is 2.27. The van der Waals surface area contributed by atoms with E-state index in [1.54, 1.807) is 13.8 Å². The average molecular weight is 300 g/mol. The fraction of sp³-hybridized carbons (Fsp3) is 0.375. The van der Waals surface area contributed by atoms with Gasteiger partial charge in [0, 0.05) is 26.2 Å². The molecular formula is C16H20N4O2. The van der Waals surface area contributed by atoms with Gasteiger partial charge in [-0.3, -0.25) is 4.79 Å². The molecule has 1 amide bonds. The molecule has 1 fully saturated rings. The Hall–Kier alpha value is -2.34. The summed E-state index contributed by atoms with van der Waals surface area (Å²) in [7, 11) is 0. The van der Waals surface area contributed by atoms with Crippen molar-refractivity contribution in [1.29, 1.82) is 0 Å². The van der Waals surface area contributed by atoms with Gasteiger partial charge in [-0.2, -0.15) is 0 Å². The van der Waals surface area contributed by atoms with Crippen LogP contribution < -0.4 is 15.5 Å². The van der Waals surface area contributed by atoms with Crippen LogP contribution in [0.2, 0.25) is 0 Å². The fourth-order valence-electron chi connectivity index (χ4n) is 2.75. The van der Waals surface area contributed by atoms with Crippen molar-refractivity contribution in [3.8, 4) is 0 Å². The first-order valence-corrected chi connectivity index (χ1v) is 7.45. The number of aryl methyl sites for hydroxylation is 2. The number of para-hydroxylation sites is 2. The number of piperazine rings is 1. The quantitative estimate of drug-likeness (QED) is 0.906. The third-order valence-corrected chi connectivity index (χ3v) is 3.87. The topological polar surface area (TPSA) is 70.4 Å². The van der Waals surface area contributed by atoms with Crippen LogP contribution >= 0.6 is 0 Å². The molecule has 0 bridgehead atoms. The summed E-state index contributed by atoms with van der Waals surface area (Å²) in [5, 5.41) is 10.2. The zero-order valence-corrected chi connectivity index (χ0v) is 12.8. The third-order valence-electron chi connectivity index (χ3n) is 3.87. The van der Waals surface area contributed by atoms with Crippen molar-refractivity contribution in [2.45, 2.75) is 13.8 Å². The van der Waals surface area contributed by atoms with E-state index in [2.05, 4.69) is 20.7 Å². The summed E-state index contributed by atoms with van der Waals surface area (Å²) in [5.41, 5.74) is 2.98. The monoisotopic (exact) mass is 300 g/mol. The highest BCUT2D eigenvalue weighted by atomic mass is 16.5. The SMILES string of the molecule is Cc1noc(C)c1C(=O)Nc1ccccc1N1CCNCC1. The number of hydrogen-bond acceptors (Lipinski definition) is 5. The van der Waals surface area contributed by atoms with Crippen LogP contribution in [0.25, 0.3) is 0 Å². The number of carbonyl (C=O) groups is 1. The first-order chi connectivity index (χ1) is 10.7. The maximum atomic E-state index is 12.5. The Morgan fingerprint density at radius 3 is 2.68 bits per heavy atom. The standard InChI is InChI=1S/C16H20N4O2/c1-11-15(12(2)22-19-11)16(21)18-13-5-3-4-6-14(13)20-9-7-17-8-10-20/h3-6,17H,7-10H2,1-2H3,(H,18,21). The van der Waals surface area contributed by atoms with Crippen molar-refractivity contribution in [3.05, 3.63) is 41.3 Å². The van der Waals surface area contributed by atoms with Crippen LogP contribution in [0.3, 0.4) is 0 Å². The number of nitrogens with zero attached hydrogens (tertiary/aromatic N) is 2. The molecule has 0 saturated carbocycles. The Bertz CT molecular complexity index is 655. The van der Waals surface area contributed by atoms with Crippen LogP contribution in [0.15, 0.2) is 28.8 Å². The van der Waals surface area contributed by atoms with Crippen LogP contribution in [-0.4, -0.2) is 37.2 Å². The normalized spacial score (nSPS) is 14.9. The molecule has 0 atom stereocenters. The summed E-state index contributed by atoms with van der Waals surface area (Å²) in [5.74, 6) is 0.355. The van der Waals surface area contributed by atoms with Gasteiger partial charge >= 0.3 is 0 Å². The summed E-state index contributed by atoms with van der Waals surface area (Å²) in [6, 6.07) is 7.87. The molecule has 6 nitrogen and oxygen atoms in total. The highest BCUT2D eigenvalue weighted by molar-refractivity contribution is 6.07. The van der Waals surface area contributed by atoms with Crippen LogP contribution in [0.1, 0.15) is 21.8 Å². The molecule has 0 spiro atoms. The van der Waals surface area contributed by atoms with E-state index in [0.717, 1.165) is 37.6 Å². The first-order valence-electron chi connectivity index (χ1n) is 7.45. The predicted molar refractivity (Wildman–Crippen MR) is 85.5 cm³/mol. The second kappa shape index (κ2) is 6.19. The Morgan fingerprint density at radius 1 is 1.27 bits per heavy atom. The molecule has 1 aliphatic rings. The minimum Gasteiger partial charge on any atom is -0.367 e. The van der Waals surface area contributed by atoms with E-state index >= 15 is 0 Å². The molecule has 1 aromatic carbocycles. The lowest BCUT2D eigenvalue weighted by Gasteiger charge is -2.31.